The minimum absolute atomic E-state index is 0.00431. The Bertz CT molecular complexity index is 809. The first-order valence-electron chi connectivity index (χ1n) is 5.43. The predicted molar refractivity (Wildman–Crippen MR) is 88.1 cm³/mol. The van der Waals surface area contributed by atoms with E-state index in [1.54, 1.807) is 0 Å². The Balaban J connectivity index is 2.43. The Morgan fingerprint density at radius 2 is 1.52 bits per heavy atom. The van der Waals surface area contributed by atoms with Crippen molar-refractivity contribution in [2.45, 2.75) is 4.90 Å². The molecule has 2 rings (SSSR count). The maximum Gasteiger partial charge on any atom is 0.263 e. The molecule has 0 aromatic heterocycles. The fraction of sp³-hybridized carbons (Fsp3) is 0. The van der Waals surface area contributed by atoms with Crippen molar-refractivity contribution in [1.82, 2.24) is 0 Å². The number of rotatable bonds is 3. The van der Waals surface area contributed by atoms with Gasteiger partial charge in [-0.05, 0) is 30.3 Å². The third kappa shape index (κ3) is 3.49. The first-order chi connectivity index (χ1) is 9.72. The number of nitrogen functional groups attached to an aromatic ring is 1. The summed E-state index contributed by atoms with van der Waals surface area (Å²) in [4.78, 5) is -0.183. The van der Waals surface area contributed by atoms with Crippen molar-refractivity contribution in [2.75, 3.05) is 10.5 Å². The van der Waals surface area contributed by atoms with E-state index in [9.17, 15) is 8.42 Å². The summed E-state index contributed by atoms with van der Waals surface area (Å²) < 4.78 is 27.0. The van der Waals surface area contributed by atoms with E-state index in [1.165, 1.54) is 30.3 Å². The number of nitrogens with two attached hydrogens (primary N) is 1. The van der Waals surface area contributed by atoms with E-state index in [0.29, 0.717) is 5.02 Å². The molecule has 21 heavy (non-hydrogen) atoms. The zero-order valence-corrected chi connectivity index (χ0v) is 14.0. The molecule has 0 saturated heterocycles. The first-order valence-corrected chi connectivity index (χ1v) is 8.43. The lowest BCUT2D eigenvalue weighted by Gasteiger charge is -2.12. The van der Waals surface area contributed by atoms with Crippen molar-refractivity contribution in [3.63, 3.8) is 0 Å². The fourth-order valence-corrected chi connectivity index (χ4v) is 3.64. The molecule has 0 heterocycles. The average Bonchev–Trinajstić information content (AvgIpc) is 2.39. The lowest BCUT2D eigenvalue weighted by molar-refractivity contribution is 0.601. The van der Waals surface area contributed by atoms with E-state index in [0.717, 1.165) is 0 Å². The van der Waals surface area contributed by atoms with Crippen LogP contribution in [0.4, 0.5) is 11.4 Å². The molecule has 0 amide bonds. The summed E-state index contributed by atoms with van der Waals surface area (Å²) in [5.41, 5.74) is 5.86. The molecule has 0 unspecified atom stereocenters. The summed E-state index contributed by atoms with van der Waals surface area (Å²) in [5, 5.41) is 0.565. The first kappa shape index (κ1) is 16.5. The van der Waals surface area contributed by atoms with Crippen LogP contribution >= 0.6 is 46.4 Å². The summed E-state index contributed by atoms with van der Waals surface area (Å²) in [7, 11) is -3.94. The largest absolute Gasteiger partial charge is 0.396 e. The minimum atomic E-state index is -3.94. The van der Waals surface area contributed by atoms with Gasteiger partial charge in [-0.25, -0.2) is 8.42 Å². The second kappa shape index (κ2) is 6.10. The molecule has 0 aliphatic heterocycles. The highest BCUT2D eigenvalue weighted by molar-refractivity contribution is 7.92. The molecule has 4 nitrogen and oxygen atoms in total. The standard InChI is InChI=1S/C12H8Cl4N2O2S/c13-7-2-1-6(5-9(7)15)18-21(19,20)10-4-3-8(14)12(17)11(10)16/h1-5,18H,17H2. The molecule has 3 N–H and O–H groups in total. The number of benzene rings is 2. The van der Waals surface area contributed by atoms with Gasteiger partial charge in [0.1, 0.15) is 4.90 Å². The summed E-state index contributed by atoms with van der Waals surface area (Å²) in [5.74, 6) is 0. The lowest BCUT2D eigenvalue weighted by atomic mass is 10.3. The number of hydrogen-bond acceptors (Lipinski definition) is 3. The molecule has 0 aliphatic carbocycles. The van der Waals surface area contributed by atoms with Gasteiger partial charge in [0.05, 0.1) is 31.5 Å². The molecule has 0 radical (unpaired) electrons. The van der Waals surface area contributed by atoms with E-state index in [4.69, 9.17) is 52.1 Å². The number of anilines is 2. The van der Waals surface area contributed by atoms with Crippen LogP contribution in [0.1, 0.15) is 0 Å². The average molecular weight is 386 g/mol. The van der Waals surface area contributed by atoms with Crippen LogP contribution in [-0.4, -0.2) is 8.42 Å². The molecular weight excluding hydrogens is 378 g/mol. The second-order valence-corrected chi connectivity index (χ2v) is 7.26. The van der Waals surface area contributed by atoms with Gasteiger partial charge in [-0.15, -0.1) is 0 Å². The number of sulfonamides is 1. The van der Waals surface area contributed by atoms with Gasteiger partial charge < -0.3 is 5.73 Å². The normalized spacial score (nSPS) is 11.4. The summed E-state index contributed by atoms with van der Waals surface area (Å²) >= 11 is 23.3. The Kier molecular flexibility index (Phi) is 4.80. The lowest BCUT2D eigenvalue weighted by Crippen LogP contribution is -2.14. The molecule has 0 bridgehead atoms. The van der Waals surface area contributed by atoms with E-state index in [-0.39, 0.29) is 31.3 Å². The zero-order chi connectivity index (χ0) is 15.8. The maximum atomic E-state index is 12.3. The van der Waals surface area contributed by atoms with Crippen LogP contribution < -0.4 is 10.5 Å². The Morgan fingerprint density at radius 3 is 2.14 bits per heavy atom. The Hall–Kier alpha value is -0.850. The van der Waals surface area contributed by atoms with Gasteiger partial charge in [0.2, 0.25) is 0 Å². The SMILES string of the molecule is Nc1c(Cl)ccc(S(=O)(=O)Nc2ccc(Cl)c(Cl)c2)c1Cl. The van der Waals surface area contributed by atoms with E-state index < -0.39 is 10.0 Å². The minimum Gasteiger partial charge on any atom is -0.396 e. The van der Waals surface area contributed by atoms with Gasteiger partial charge in [0, 0.05) is 0 Å². The molecular formula is C12H8Cl4N2O2S. The second-order valence-electron chi connectivity index (χ2n) is 4.01. The van der Waals surface area contributed by atoms with Crippen LogP contribution in [0.25, 0.3) is 0 Å². The molecule has 0 spiro atoms. The monoisotopic (exact) mass is 384 g/mol. The smallest absolute Gasteiger partial charge is 0.263 e. The number of hydrogen-bond donors (Lipinski definition) is 2. The Morgan fingerprint density at radius 1 is 0.905 bits per heavy atom. The summed E-state index contributed by atoms with van der Waals surface area (Å²) in [6.45, 7) is 0. The molecule has 0 aliphatic rings. The topological polar surface area (TPSA) is 72.2 Å². The van der Waals surface area contributed by atoms with Crippen LogP contribution in [0.3, 0.4) is 0 Å². The van der Waals surface area contributed by atoms with Gasteiger partial charge in [-0.1, -0.05) is 46.4 Å². The van der Waals surface area contributed by atoms with Crippen molar-refractivity contribution < 1.29 is 8.42 Å². The molecule has 0 saturated carbocycles. The van der Waals surface area contributed by atoms with E-state index >= 15 is 0 Å². The van der Waals surface area contributed by atoms with Crippen molar-refractivity contribution in [3.8, 4) is 0 Å². The van der Waals surface area contributed by atoms with Gasteiger partial charge in [0.15, 0.2) is 0 Å². The van der Waals surface area contributed by atoms with Gasteiger partial charge in [-0.2, -0.15) is 0 Å². The third-order valence-corrected chi connectivity index (χ3v) is 5.56. The summed E-state index contributed by atoms with van der Waals surface area (Å²) in [6, 6.07) is 6.94. The van der Waals surface area contributed by atoms with Crippen molar-refractivity contribution in [3.05, 3.63) is 50.4 Å². The van der Waals surface area contributed by atoms with Crippen LogP contribution in [0.2, 0.25) is 20.1 Å². The molecule has 2 aromatic rings. The van der Waals surface area contributed by atoms with E-state index in [2.05, 4.69) is 4.72 Å². The molecule has 112 valence electrons. The predicted octanol–water partition coefficient (Wildman–Crippen LogP) is 4.68. The number of halogens is 4. The van der Waals surface area contributed by atoms with E-state index in [1.807, 2.05) is 0 Å². The van der Waals surface area contributed by atoms with Crippen molar-refractivity contribution >= 4 is 67.8 Å². The number of nitrogens with one attached hydrogen (secondary N) is 1. The maximum absolute atomic E-state index is 12.3. The summed E-state index contributed by atoms with van der Waals surface area (Å²) in [6.07, 6.45) is 0. The highest BCUT2D eigenvalue weighted by Crippen LogP contribution is 2.34. The molecule has 0 fully saturated rings. The van der Waals surface area contributed by atoms with Gasteiger partial charge in [0.25, 0.3) is 10.0 Å². The van der Waals surface area contributed by atoms with Crippen LogP contribution in [-0.2, 0) is 10.0 Å². The zero-order valence-electron chi connectivity index (χ0n) is 10.2. The van der Waals surface area contributed by atoms with Crippen LogP contribution in [0, 0.1) is 0 Å². The third-order valence-electron chi connectivity index (χ3n) is 2.55. The molecule has 0 atom stereocenters. The van der Waals surface area contributed by atoms with Crippen LogP contribution in [0.15, 0.2) is 35.2 Å². The molecule has 9 heteroatoms. The highest BCUT2D eigenvalue weighted by Gasteiger charge is 2.21. The van der Waals surface area contributed by atoms with Crippen molar-refractivity contribution in [2.24, 2.45) is 0 Å². The molecule has 2 aromatic carbocycles. The fourth-order valence-electron chi connectivity index (χ4n) is 1.53. The highest BCUT2D eigenvalue weighted by atomic mass is 35.5. The quantitative estimate of drug-likeness (QED) is 0.753. The van der Waals surface area contributed by atoms with Crippen LogP contribution in [0.5, 0.6) is 0 Å². The Labute approximate surface area is 141 Å². The van der Waals surface area contributed by atoms with Crippen molar-refractivity contribution in [1.29, 1.82) is 0 Å². The van der Waals surface area contributed by atoms with Gasteiger partial charge in [-0.3, -0.25) is 4.72 Å². The van der Waals surface area contributed by atoms with Gasteiger partial charge >= 0.3 is 0 Å².